The fourth-order valence-corrected chi connectivity index (χ4v) is 5.51. The van der Waals surface area contributed by atoms with Crippen LogP contribution in [-0.2, 0) is 14.9 Å². The molecule has 5 rings (SSSR count). The summed E-state index contributed by atoms with van der Waals surface area (Å²) in [6, 6.07) is 19.9. The zero-order chi connectivity index (χ0) is 26.2. The van der Waals surface area contributed by atoms with Crippen molar-refractivity contribution in [1.82, 2.24) is 4.37 Å². The zero-order valence-electron chi connectivity index (χ0n) is 20.3. The maximum Gasteiger partial charge on any atom is 0.412 e. The van der Waals surface area contributed by atoms with Crippen molar-refractivity contribution >= 4 is 41.2 Å². The summed E-state index contributed by atoms with van der Waals surface area (Å²) in [6.45, 7) is 3.58. The van der Waals surface area contributed by atoms with Gasteiger partial charge in [0.15, 0.2) is 0 Å². The maximum absolute atomic E-state index is 14.8. The first kappa shape index (κ1) is 25.1. The van der Waals surface area contributed by atoms with Gasteiger partial charge in [0.2, 0.25) is 0 Å². The molecule has 4 aromatic rings. The summed E-state index contributed by atoms with van der Waals surface area (Å²) >= 11 is 7.50. The van der Waals surface area contributed by atoms with E-state index in [0.717, 1.165) is 33.4 Å². The Morgan fingerprint density at radius 1 is 1.11 bits per heavy atom. The number of aldehydes is 1. The summed E-state index contributed by atoms with van der Waals surface area (Å²) in [5.74, 6) is -0.361. The van der Waals surface area contributed by atoms with E-state index in [0.29, 0.717) is 34.8 Å². The molecule has 0 bridgehead atoms. The number of amides is 1. The largest absolute Gasteiger partial charge is 0.441 e. The van der Waals surface area contributed by atoms with Gasteiger partial charge >= 0.3 is 6.09 Å². The Morgan fingerprint density at radius 3 is 2.43 bits per heavy atom. The van der Waals surface area contributed by atoms with Gasteiger partial charge in [0.05, 0.1) is 21.7 Å². The number of nitrogens with one attached hydrogen (secondary N) is 1. The van der Waals surface area contributed by atoms with Gasteiger partial charge in [-0.3, -0.25) is 5.32 Å². The Bertz CT molecular complexity index is 1480. The van der Waals surface area contributed by atoms with Crippen LogP contribution in [-0.4, -0.2) is 16.8 Å². The molecular formula is C29H24ClFN2O3S. The molecule has 0 spiro atoms. The van der Waals surface area contributed by atoms with Gasteiger partial charge in [-0.05, 0) is 67.0 Å². The van der Waals surface area contributed by atoms with E-state index in [-0.39, 0.29) is 5.82 Å². The summed E-state index contributed by atoms with van der Waals surface area (Å²) in [5.41, 5.74) is 4.22. The lowest BCUT2D eigenvalue weighted by Gasteiger charge is -2.16. The van der Waals surface area contributed by atoms with Crippen molar-refractivity contribution in [3.05, 3.63) is 94.4 Å². The summed E-state index contributed by atoms with van der Waals surface area (Å²) in [5, 5.41) is 3.36. The number of carbonyl (C=O) groups is 2. The molecule has 1 aliphatic carbocycles. The number of benzene rings is 3. The average molecular weight is 535 g/mol. The highest BCUT2D eigenvalue weighted by Crippen LogP contribution is 2.47. The summed E-state index contributed by atoms with van der Waals surface area (Å²) in [4.78, 5) is 24.9. The molecule has 1 heterocycles. The molecule has 5 nitrogen and oxygen atoms in total. The van der Waals surface area contributed by atoms with Gasteiger partial charge < -0.3 is 9.53 Å². The van der Waals surface area contributed by atoms with Crippen molar-refractivity contribution in [2.45, 2.75) is 38.2 Å². The summed E-state index contributed by atoms with van der Waals surface area (Å²) < 4.78 is 24.7. The second kappa shape index (κ2) is 10.1. The third-order valence-corrected chi connectivity index (χ3v) is 8.05. The first-order valence-electron chi connectivity index (χ1n) is 11.9. The molecule has 188 valence electrons. The minimum absolute atomic E-state index is 0.361. The molecule has 3 aromatic carbocycles. The predicted molar refractivity (Wildman–Crippen MR) is 145 cm³/mol. The molecule has 37 heavy (non-hydrogen) atoms. The van der Waals surface area contributed by atoms with Crippen molar-refractivity contribution in [3.8, 4) is 21.6 Å². The van der Waals surface area contributed by atoms with E-state index in [1.54, 1.807) is 19.1 Å². The number of aryl methyl sites for hydroxylation is 1. The molecular weight excluding hydrogens is 511 g/mol. The number of hydrogen-bond acceptors (Lipinski definition) is 5. The topological polar surface area (TPSA) is 68.3 Å². The van der Waals surface area contributed by atoms with Gasteiger partial charge in [0.1, 0.15) is 18.2 Å². The lowest BCUT2D eigenvalue weighted by molar-refractivity contribution is -0.109. The third kappa shape index (κ3) is 5.02. The van der Waals surface area contributed by atoms with Gasteiger partial charge in [-0.1, -0.05) is 66.2 Å². The third-order valence-electron chi connectivity index (χ3n) is 6.72. The van der Waals surface area contributed by atoms with Crippen LogP contribution in [0, 0.1) is 12.7 Å². The van der Waals surface area contributed by atoms with Crippen LogP contribution in [0.25, 0.3) is 21.6 Å². The number of carbonyl (C=O) groups excluding carboxylic acids is 2. The molecule has 1 atom stereocenters. The lowest BCUT2D eigenvalue weighted by atomic mass is 9.94. The fourth-order valence-electron chi connectivity index (χ4n) is 4.37. The van der Waals surface area contributed by atoms with Crippen molar-refractivity contribution < 1.29 is 18.7 Å². The Labute approximate surface area is 223 Å². The van der Waals surface area contributed by atoms with Crippen molar-refractivity contribution in [1.29, 1.82) is 0 Å². The van der Waals surface area contributed by atoms with Gasteiger partial charge in [-0.2, -0.15) is 4.37 Å². The second-order valence-corrected chi connectivity index (χ2v) is 10.4. The summed E-state index contributed by atoms with van der Waals surface area (Å²) in [6.07, 6.45) is 1.11. The first-order valence-corrected chi connectivity index (χ1v) is 13.0. The molecule has 0 aliphatic heterocycles. The lowest BCUT2D eigenvalue weighted by Crippen LogP contribution is -2.16. The van der Waals surface area contributed by atoms with Crippen LogP contribution in [0.15, 0.2) is 66.7 Å². The number of anilines is 1. The Balaban J connectivity index is 1.32. The first-order chi connectivity index (χ1) is 17.8. The molecule has 1 amide bonds. The van der Waals surface area contributed by atoms with Crippen LogP contribution in [0.1, 0.15) is 42.7 Å². The highest BCUT2D eigenvalue weighted by atomic mass is 35.5. The number of ether oxygens (including phenoxy) is 1. The minimum Gasteiger partial charge on any atom is -0.441 e. The normalized spacial score (nSPS) is 14.6. The molecule has 0 unspecified atom stereocenters. The summed E-state index contributed by atoms with van der Waals surface area (Å²) in [7, 11) is 0. The predicted octanol–water partition coefficient (Wildman–Crippen LogP) is 8.12. The SMILES string of the molecule is Cc1nsc(-c2ccc(-c3ccc(C4(C=O)CC4)c(F)c3)cc2)c1NC(=O)O[C@H](C)c1ccccc1Cl. The van der Waals surface area contributed by atoms with Crippen LogP contribution in [0.2, 0.25) is 5.02 Å². The molecule has 1 aromatic heterocycles. The fraction of sp³-hybridized carbons (Fsp3) is 0.207. The standard InChI is InChI=1S/C29H24ClFN2O3S/c1-17-26(32-28(35)36-18(2)22-5-3-4-6-24(22)30)27(37-33-17)20-9-7-19(8-10-20)21-11-12-23(25(31)15-21)29(16-34)13-14-29/h3-12,15-16,18H,13-14H2,1-2H3,(H,32,35)/t18-/m1/s1. The number of nitrogens with zero attached hydrogens (tertiary/aromatic N) is 1. The molecule has 0 saturated heterocycles. The molecule has 1 fully saturated rings. The highest BCUT2D eigenvalue weighted by Gasteiger charge is 2.46. The van der Waals surface area contributed by atoms with Gasteiger partial charge in [-0.25, -0.2) is 9.18 Å². The van der Waals surface area contributed by atoms with Crippen LogP contribution in [0.3, 0.4) is 0 Å². The van der Waals surface area contributed by atoms with E-state index in [9.17, 15) is 14.0 Å². The number of hydrogen-bond donors (Lipinski definition) is 1. The van der Waals surface area contributed by atoms with Crippen LogP contribution >= 0.6 is 23.1 Å². The smallest absolute Gasteiger partial charge is 0.412 e. The molecule has 1 aliphatic rings. The van der Waals surface area contributed by atoms with E-state index in [2.05, 4.69) is 9.69 Å². The monoisotopic (exact) mass is 534 g/mol. The van der Waals surface area contributed by atoms with Crippen molar-refractivity contribution in [3.63, 3.8) is 0 Å². The van der Waals surface area contributed by atoms with Crippen LogP contribution in [0.5, 0.6) is 0 Å². The highest BCUT2D eigenvalue weighted by molar-refractivity contribution is 7.10. The van der Waals surface area contributed by atoms with Gasteiger partial charge in [-0.15, -0.1) is 0 Å². The van der Waals surface area contributed by atoms with E-state index in [4.69, 9.17) is 16.3 Å². The van der Waals surface area contributed by atoms with Crippen molar-refractivity contribution in [2.24, 2.45) is 0 Å². The second-order valence-electron chi connectivity index (χ2n) is 9.21. The maximum atomic E-state index is 14.8. The van der Waals surface area contributed by atoms with E-state index < -0.39 is 17.6 Å². The quantitative estimate of drug-likeness (QED) is 0.243. The molecule has 0 radical (unpaired) electrons. The van der Waals surface area contributed by atoms with E-state index in [1.807, 2.05) is 55.5 Å². The minimum atomic E-state index is -0.647. The van der Waals surface area contributed by atoms with E-state index >= 15 is 0 Å². The number of aromatic nitrogens is 1. The zero-order valence-corrected chi connectivity index (χ0v) is 21.8. The number of rotatable bonds is 7. The Morgan fingerprint density at radius 2 is 1.78 bits per heavy atom. The van der Waals surface area contributed by atoms with Gasteiger partial charge in [0.25, 0.3) is 0 Å². The number of halogens is 2. The van der Waals surface area contributed by atoms with E-state index in [1.165, 1.54) is 17.6 Å². The molecule has 8 heteroatoms. The molecule has 1 saturated carbocycles. The molecule has 1 N–H and O–H groups in total. The van der Waals surface area contributed by atoms with Crippen molar-refractivity contribution in [2.75, 3.05) is 5.32 Å². The van der Waals surface area contributed by atoms with Gasteiger partial charge in [0, 0.05) is 16.1 Å². The van der Waals surface area contributed by atoms with Crippen LogP contribution in [0.4, 0.5) is 14.9 Å². The average Bonchev–Trinajstić information content (AvgIpc) is 3.61. The Hall–Kier alpha value is -3.55. The van der Waals surface area contributed by atoms with Crippen LogP contribution < -0.4 is 5.32 Å². The Kier molecular flexibility index (Phi) is 6.84.